The molecule has 0 bridgehead atoms. The Morgan fingerprint density at radius 3 is 2.35 bits per heavy atom. The third-order valence-electron chi connectivity index (χ3n) is 2.02. The van der Waals surface area contributed by atoms with Gasteiger partial charge in [-0.2, -0.15) is 0 Å². The zero-order valence-electron chi connectivity index (χ0n) is 11.0. The molecule has 0 aromatic carbocycles. The molecule has 0 unspecified atom stereocenters. The number of aromatic nitrogens is 2. The Hall–Kier alpha value is -1.64. The van der Waals surface area contributed by atoms with Gasteiger partial charge in [0.25, 0.3) is 0 Å². The first kappa shape index (κ1) is 13.4. The third kappa shape index (κ3) is 4.02. The maximum atomic E-state index is 5.19. The van der Waals surface area contributed by atoms with Crippen molar-refractivity contribution >= 4 is 0 Å². The molecule has 3 nitrogen and oxygen atoms in total. The first-order valence-corrected chi connectivity index (χ1v) is 6.07. The minimum Gasteiger partial charge on any atom is -0.360 e. The fourth-order valence-corrected chi connectivity index (χ4v) is 1.20. The van der Waals surface area contributed by atoms with Crippen LogP contribution in [0.25, 0.3) is 11.4 Å². The lowest BCUT2D eigenvalue weighted by atomic mass is 10.1. The van der Waals surface area contributed by atoms with Crippen LogP contribution in [0.15, 0.2) is 35.0 Å². The molecule has 0 saturated heterocycles. The van der Waals surface area contributed by atoms with Gasteiger partial charge in [-0.15, -0.1) is 0 Å². The second-order valence-corrected chi connectivity index (χ2v) is 4.19. The highest BCUT2D eigenvalue weighted by atomic mass is 16.5. The summed E-state index contributed by atoms with van der Waals surface area (Å²) in [5, 5.41) is 3.97. The van der Waals surface area contributed by atoms with Crippen LogP contribution in [-0.4, -0.2) is 10.1 Å². The van der Waals surface area contributed by atoms with Gasteiger partial charge >= 0.3 is 0 Å². The molecule has 17 heavy (non-hydrogen) atoms. The summed E-state index contributed by atoms with van der Waals surface area (Å²) in [5.41, 5.74) is 1.65. The van der Waals surface area contributed by atoms with Crippen molar-refractivity contribution in [2.45, 2.75) is 40.0 Å². The molecule has 0 aliphatic rings. The molecule has 0 fully saturated rings. The van der Waals surface area contributed by atoms with Crippen molar-refractivity contribution < 1.29 is 4.52 Å². The van der Waals surface area contributed by atoms with E-state index in [0.717, 1.165) is 17.1 Å². The Balaban J connectivity index is 0.000000437. The van der Waals surface area contributed by atoms with Crippen molar-refractivity contribution in [2.24, 2.45) is 0 Å². The highest BCUT2D eigenvalue weighted by Gasteiger charge is 2.09. The van der Waals surface area contributed by atoms with Gasteiger partial charge in [0.15, 0.2) is 0 Å². The van der Waals surface area contributed by atoms with Gasteiger partial charge in [-0.25, -0.2) is 0 Å². The van der Waals surface area contributed by atoms with E-state index in [0.29, 0.717) is 5.92 Å². The van der Waals surface area contributed by atoms with Crippen molar-refractivity contribution in [1.29, 1.82) is 0 Å². The fraction of sp³-hybridized carbons (Fsp3) is 0.429. The zero-order chi connectivity index (χ0) is 12.7. The predicted octanol–water partition coefficient (Wildman–Crippen LogP) is 4.28. The first-order chi connectivity index (χ1) is 8.19. The van der Waals surface area contributed by atoms with Crippen molar-refractivity contribution in [3.8, 4) is 11.4 Å². The summed E-state index contributed by atoms with van der Waals surface area (Å²) in [4.78, 5) is 4.20. The minimum absolute atomic E-state index is 0.361. The van der Waals surface area contributed by atoms with Gasteiger partial charge in [-0.3, -0.25) is 4.98 Å². The second kappa shape index (κ2) is 6.84. The molecule has 2 heterocycles. The van der Waals surface area contributed by atoms with E-state index in [2.05, 4.69) is 37.8 Å². The average Bonchev–Trinajstić information content (AvgIpc) is 2.80. The Kier molecular flexibility index (Phi) is 5.40. The lowest BCUT2D eigenvalue weighted by Crippen LogP contribution is -1.81. The Bertz CT molecular complexity index is 421. The van der Waals surface area contributed by atoms with E-state index >= 15 is 0 Å². The SMILES string of the molecule is CC(C)c1cc(-c2ccccn2)no1.CCC. The standard InChI is InChI=1S/C11H12N2O.C3H8/c1-8(2)11-7-10(13-14-11)9-5-3-4-6-12-9;1-3-2/h3-8H,1-2H3;3H2,1-2H3. The van der Waals surface area contributed by atoms with Crippen LogP contribution in [0, 0.1) is 0 Å². The van der Waals surface area contributed by atoms with Crippen LogP contribution in [0.4, 0.5) is 0 Å². The average molecular weight is 232 g/mol. The number of nitrogens with zero attached hydrogens (tertiary/aromatic N) is 2. The second-order valence-electron chi connectivity index (χ2n) is 4.19. The van der Waals surface area contributed by atoms with E-state index in [1.807, 2.05) is 24.3 Å². The zero-order valence-corrected chi connectivity index (χ0v) is 11.0. The largest absolute Gasteiger partial charge is 0.360 e. The molecule has 3 heteroatoms. The van der Waals surface area contributed by atoms with Crippen molar-refractivity contribution in [2.75, 3.05) is 0 Å². The number of hydrogen-bond acceptors (Lipinski definition) is 3. The van der Waals surface area contributed by atoms with Crippen LogP contribution in [-0.2, 0) is 0 Å². The van der Waals surface area contributed by atoms with Crippen LogP contribution in [0.2, 0.25) is 0 Å². The normalized spacial score (nSPS) is 9.94. The Labute approximate surface area is 103 Å². The molecule has 92 valence electrons. The van der Waals surface area contributed by atoms with Gasteiger partial charge < -0.3 is 4.52 Å². The first-order valence-electron chi connectivity index (χ1n) is 6.07. The van der Waals surface area contributed by atoms with Gasteiger partial charge in [-0.05, 0) is 12.1 Å². The lowest BCUT2D eigenvalue weighted by Gasteiger charge is -1.93. The fourth-order valence-electron chi connectivity index (χ4n) is 1.20. The van der Waals surface area contributed by atoms with Crippen LogP contribution in [0.3, 0.4) is 0 Å². The summed E-state index contributed by atoms with van der Waals surface area (Å²) >= 11 is 0. The van der Waals surface area contributed by atoms with E-state index in [9.17, 15) is 0 Å². The van der Waals surface area contributed by atoms with E-state index in [1.54, 1.807) is 6.20 Å². The van der Waals surface area contributed by atoms with Gasteiger partial charge in [0.1, 0.15) is 11.5 Å². The monoisotopic (exact) mass is 232 g/mol. The van der Waals surface area contributed by atoms with E-state index in [1.165, 1.54) is 6.42 Å². The van der Waals surface area contributed by atoms with E-state index in [-0.39, 0.29) is 0 Å². The molecule has 0 radical (unpaired) electrons. The van der Waals surface area contributed by atoms with E-state index in [4.69, 9.17) is 4.52 Å². The molecule has 2 aromatic heterocycles. The van der Waals surface area contributed by atoms with Gasteiger partial charge in [0.2, 0.25) is 0 Å². The molecule has 0 aliphatic heterocycles. The number of hydrogen-bond donors (Lipinski definition) is 0. The van der Waals surface area contributed by atoms with Crippen LogP contribution >= 0.6 is 0 Å². The lowest BCUT2D eigenvalue weighted by molar-refractivity contribution is 0.373. The summed E-state index contributed by atoms with van der Waals surface area (Å²) in [6.45, 7) is 8.39. The third-order valence-corrected chi connectivity index (χ3v) is 2.02. The molecule has 0 N–H and O–H groups in total. The van der Waals surface area contributed by atoms with Crippen LogP contribution in [0.5, 0.6) is 0 Å². The quantitative estimate of drug-likeness (QED) is 0.775. The molecule has 0 atom stereocenters. The summed E-state index contributed by atoms with van der Waals surface area (Å²) in [6.07, 6.45) is 3.00. The molecule has 0 saturated carbocycles. The summed E-state index contributed by atoms with van der Waals surface area (Å²) < 4.78 is 5.19. The molecule has 2 rings (SSSR count). The molecule has 0 aliphatic carbocycles. The molecule has 2 aromatic rings. The van der Waals surface area contributed by atoms with Crippen molar-refractivity contribution in [3.05, 3.63) is 36.2 Å². The summed E-state index contributed by atoms with van der Waals surface area (Å²) in [5.74, 6) is 1.26. The van der Waals surface area contributed by atoms with E-state index < -0.39 is 0 Å². The van der Waals surface area contributed by atoms with Gasteiger partial charge in [0.05, 0.1) is 5.69 Å². The maximum Gasteiger partial charge on any atom is 0.139 e. The number of pyridine rings is 1. The summed E-state index contributed by atoms with van der Waals surface area (Å²) in [6, 6.07) is 7.67. The number of rotatable bonds is 2. The maximum absolute atomic E-state index is 5.19. The molecular weight excluding hydrogens is 212 g/mol. The molecule has 0 spiro atoms. The highest BCUT2D eigenvalue weighted by Crippen LogP contribution is 2.21. The Morgan fingerprint density at radius 2 is 1.88 bits per heavy atom. The highest BCUT2D eigenvalue weighted by molar-refractivity contribution is 5.53. The van der Waals surface area contributed by atoms with Crippen LogP contribution in [0.1, 0.15) is 45.8 Å². The smallest absolute Gasteiger partial charge is 0.139 e. The van der Waals surface area contributed by atoms with Crippen molar-refractivity contribution in [3.63, 3.8) is 0 Å². The Morgan fingerprint density at radius 1 is 1.18 bits per heavy atom. The van der Waals surface area contributed by atoms with Crippen molar-refractivity contribution in [1.82, 2.24) is 10.1 Å². The summed E-state index contributed by atoms with van der Waals surface area (Å²) in [7, 11) is 0. The minimum atomic E-state index is 0.361. The predicted molar refractivity (Wildman–Crippen MR) is 69.8 cm³/mol. The topological polar surface area (TPSA) is 38.9 Å². The van der Waals surface area contributed by atoms with Gasteiger partial charge in [-0.1, -0.05) is 45.3 Å². The van der Waals surface area contributed by atoms with Gasteiger partial charge in [0, 0.05) is 18.2 Å². The molecular formula is C14H20N2O. The molecule has 0 amide bonds. The van der Waals surface area contributed by atoms with Crippen LogP contribution < -0.4 is 0 Å².